The standard InChI is InChI=1S/C15H16F3NS2/c1-10(2)14(13-8-5-9-20-13)19-11-6-3-4-7-12(11)21-15(16,17)18/h3-10,14,19H,1-2H3. The van der Waals surface area contributed by atoms with Crippen LogP contribution in [0.5, 0.6) is 0 Å². The number of hydrogen-bond acceptors (Lipinski definition) is 3. The van der Waals surface area contributed by atoms with Gasteiger partial charge in [0.05, 0.1) is 6.04 Å². The molecule has 6 heteroatoms. The maximum Gasteiger partial charge on any atom is 0.446 e. The van der Waals surface area contributed by atoms with Gasteiger partial charge in [0.2, 0.25) is 0 Å². The highest BCUT2D eigenvalue weighted by Crippen LogP contribution is 2.41. The first-order chi connectivity index (χ1) is 9.87. The minimum atomic E-state index is -4.28. The third-order valence-corrected chi connectivity index (χ3v) is 4.70. The molecule has 1 atom stereocenters. The fraction of sp³-hybridized carbons (Fsp3) is 0.333. The largest absolute Gasteiger partial charge is 0.446 e. The monoisotopic (exact) mass is 331 g/mol. The van der Waals surface area contributed by atoms with Gasteiger partial charge in [-0.1, -0.05) is 32.0 Å². The van der Waals surface area contributed by atoms with Crippen molar-refractivity contribution in [2.75, 3.05) is 5.32 Å². The van der Waals surface area contributed by atoms with Crippen molar-refractivity contribution in [3.8, 4) is 0 Å². The van der Waals surface area contributed by atoms with E-state index in [1.807, 2.05) is 17.5 Å². The van der Waals surface area contributed by atoms with E-state index in [1.54, 1.807) is 29.5 Å². The molecule has 2 rings (SSSR count). The molecule has 0 saturated carbocycles. The maximum atomic E-state index is 12.6. The van der Waals surface area contributed by atoms with Crippen molar-refractivity contribution in [1.29, 1.82) is 0 Å². The van der Waals surface area contributed by atoms with Crippen LogP contribution in [0.2, 0.25) is 0 Å². The first-order valence-electron chi connectivity index (χ1n) is 6.51. The summed E-state index contributed by atoms with van der Waals surface area (Å²) < 4.78 is 37.9. The number of alkyl halides is 3. The fourth-order valence-electron chi connectivity index (χ4n) is 2.00. The molecule has 114 valence electrons. The Kier molecular flexibility index (Phi) is 5.22. The Balaban J connectivity index is 2.25. The second-order valence-electron chi connectivity index (χ2n) is 4.93. The normalized spacial score (nSPS) is 13.4. The van der Waals surface area contributed by atoms with Gasteiger partial charge in [-0.15, -0.1) is 11.3 Å². The van der Waals surface area contributed by atoms with E-state index < -0.39 is 5.51 Å². The molecule has 0 spiro atoms. The Bertz CT molecular complexity index is 565. The molecule has 0 amide bonds. The van der Waals surface area contributed by atoms with Crippen LogP contribution in [0.1, 0.15) is 24.8 Å². The van der Waals surface area contributed by atoms with Crippen LogP contribution in [-0.4, -0.2) is 5.51 Å². The van der Waals surface area contributed by atoms with Gasteiger partial charge in [0, 0.05) is 15.5 Å². The van der Waals surface area contributed by atoms with Gasteiger partial charge in [-0.25, -0.2) is 0 Å². The Morgan fingerprint density at radius 3 is 2.38 bits per heavy atom. The average molecular weight is 331 g/mol. The first-order valence-corrected chi connectivity index (χ1v) is 8.21. The number of anilines is 1. The molecular formula is C15H16F3NS2. The van der Waals surface area contributed by atoms with Crippen LogP contribution in [0.4, 0.5) is 18.9 Å². The summed E-state index contributed by atoms with van der Waals surface area (Å²) in [6.45, 7) is 4.10. The van der Waals surface area contributed by atoms with Crippen molar-refractivity contribution in [3.63, 3.8) is 0 Å². The highest BCUT2D eigenvalue weighted by Gasteiger charge is 2.30. The fourth-order valence-corrected chi connectivity index (χ4v) is 3.58. The van der Waals surface area contributed by atoms with Crippen molar-refractivity contribution in [2.45, 2.75) is 30.3 Å². The lowest BCUT2D eigenvalue weighted by Crippen LogP contribution is -2.16. The van der Waals surface area contributed by atoms with Crippen LogP contribution >= 0.6 is 23.1 Å². The minimum Gasteiger partial charge on any atom is -0.376 e. The summed E-state index contributed by atoms with van der Waals surface area (Å²) in [4.78, 5) is 1.32. The maximum absolute atomic E-state index is 12.6. The third-order valence-electron chi connectivity index (χ3n) is 2.94. The lowest BCUT2D eigenvalue weighted by molar-refractivity contribution is -0.0327. The van der Waals surface area contributed by atoms with Gasteiger partial charge >= 0.3 is 5.51 Å². The first kappa shape index (κ1) is 16.2. The molecule has 2 aromatic rings. The summed E-state index contributed by atoms with van der Waals surface area (Å²) in [5.74, 6) is 0.271. The Hall–Kier alpha value is -1.14. The van der Waals surface area contributed by atoms with E-state index in [0.717, 1.165) is 4.88 Å². The quantitative estimate of drug-likeness (QED) is 0.658. The van der Waals surface area contributed by atoms with E-state index in [-0.39, 0.29) is 28.6 Å². The molecule has 0 bridgehead atoms. The molecule has 21 heavy (non-hydrogen) atoms. The van der Waals surface area contributed by atoms with Gasteiger partial charge in [0.25, 0.3) is 0 Å². The molecule has 1 unspecified atom stereocenters. The van der Waals surface area contributed by atoms with Crippen molar-refractivity contribution >= 4 is 28.8 Å². The number of nitrogens with one attached hydrogen (secondary N) is 1. The summed E-state index contributed by atoms with van der Waals surface area (Å²) in [5.41, 5.74) is -3.76. The molecule has 1 aromatic heterocycles. The van der Waals surface area contributed by atoms with Crippen LogP contribution in [0.3, 0.4) is 0 Å². The van der Waals surface area contributed by atoms with Crippen LogP contribution < -0.4 is 5.32 Å². The number of halogens is 3. The smallest absolute Gasteiger partial charge is 0.376 e. The highest BCUT2D eigenvalue weighted by atomic mass is 32.2. The SMILES string of the molecule is CC(C)C(Nc1ccccc1SC(F)(F)F)c1cccs1. The lowest BCUT2D eigenvalue weighted by atomic mass is 10.0. The molecule has 1 N–H and O–H groups in total. The van der Waals surface area contributed by atoms with Gasteiger partial charge < -0.3 is 5.32 Å². The number of thioether (sulfide) groups is 1. The zero-order chi connectivity index (χ0) is 15.5. The number of thiophene rings is 1. The van der Waals surface area contributed by atoms with Crippen molar-refractivity contribution in [2.24, 2.45) is 5.92 Å². The second-order valence-corrected chi connectivity index (χ2v) is 7.01. The highest BCUT2D eigenvalue weighted by molar-refractivity contribution is 8.00. The lowest BCUT2D eigenvalue weighted by Gasteiger charge is -2.24. The molecule has 1 nitrogen and oxygen atoms in total. The van der Waals surface area contributed by atoms with E-state index in [9.17, 15) is 13.2 Å². The van der Waals surface area contributed by atoms with E-state index in [0.29, 0.717) is 5.69 Å². The van der Waals surface area contributed by atoms with Crippen LogP contribution in [0, 0.1) is 5.92 Å². The van der Waals surface area contributed by atoms with Crippen molar-refractivity contribution in [1.82, 2.24) is 0 Å². The molecule has 1 heterocycles. The van der Waals surface area contributed by atoms with Gasteiger partial charge in [-0.2, -0.15) is 13.2 Å². The Labute approximate surface area is 130 Å². The van der Waals surface area contributed by atoms with E-state index >= 15 is 0 Å². The summed E-state index contributed by atoms with van der Waals surface area (Å²) in [7, 11) is 0. The summed E-state index contributed by atoms with van der Waals surface area (Å²) in [6, 6.07) is 10.5. The zero-order valence-corrected chi connectivity index (χ0v) is 13.3. The van der Waals surface area contributed by atoms with Crippen molar-refractivity contribution in [3.05, 3.63) is 46.7 Å². The van der Waals surface area contributed by atoms with Gasteiger partial charge in [0.15, 0.2) is 0 Å². The predicted molar refractivity (Wildman–Crippen MR) is 83.9 cm³/mol. The Morgan fingerprint density at radius 1 is 1.10 bits per heavy atom. The van der Waals surface area contributed by atoms with Crippen LogP contribution in [0.15, 0.2) is 46.7 Å². The zero-order valence-electron chi connectivity index (χ0n) is 11.6. The number of para-hydroxylation sites is 1. The Morgan fingerprint density at radius 2 is 1.81 bits per heavy atom. The van der Waals surface area contributed by atoms with E-state index in [4.69, 9.17) is 0 Å². The molecular weight excluding hydrogens is 315 g/mol. The second kappa shape index (κ2) is 6.75. The molecule has 1 aromatic carbocycles. The van der Waals surface area contributed by atoms with Crippen molar-refractivity contribution < 1.29 is 13.2 Å². The van der Waals surface area contributed by atoms with Gasteiger partial charge in [-0.05, 0) is 41.3 Å². The summed E-state index contributed by atoms with van der Waals surface area (Å²) >= 11 is 1.53. The van der Waals surface area contributed by atoms with Crippen LogP contribution in [-0.2, 0) is 0 Å². The molecule has 0 aliphatic heterocycles. The van der Waals surface area contributed by atoms with E-state index in [2.05, 4.69) is 19.2 Å². The average Bonchev–Trinajstić information content (AvgIpc) is 2.89. The number of benzene rings is 1. The molecule has 0 fully saturated rings. The van der Waals surface area contributed by atoms with Gasteiger partial charge in [-0.3, -0.25) is 0 Å². The predicted octanol–water partition coefficient (Wildman–Crippen LogP) is 6.17. The topological polar surface area (TPSA) is 12.0 Å². The number of rotatable bonds is 5. The molecule has 0 aliphatic carbocycles. The molecule has 0 saturated heterocycles. The molecule has 0 radical (unpaired) electrons. The molecule has 0 aliphatic rings. The van der Waals surface area contributed by atoms with Gasteiger partial charge in [0.1, 0.15) is 0 Å². The van der Waals surface area contributed by atoms with E-state index in [1.165, 1.54) is 6.07 Å². The summed E-state index contributed by atoms with van der Waals surface area (Å²) in [5, 5.41) is 5.24. The minimum absolute atomic E-state index is 0.0000151. The summed E-state index contributed by atoms with van der Waals surface area (Å²) in [6.07, 6.45) is 0. The van der Waals surface area contributed by atoms with Crippen LogP contribution in [0.25, 0.3) is 0 Å². The number of hydrogen-bond donors (Lipinski definition) is 1. The third kappa shape index (κ3) is 4.68.